The molecular formula is C14H18N4O3S. The second-order valence-corrected chi connectivity index (χ2v) is 6.64. The first-order valence-corrected chi connectivity index (χ1v) is 7.99. The Bertz CT molecular complexity index is 669. The molecule has 0 unspecified atom stereocenters. The summed E-state index contributed by atoms with van der Waals surface area (Å²) >= 11 is 1.55. The Balaban J connectivity index is 1.71. The van der Waals surface area contributed by atoms with E-state index in [2.05, 4.69) is 20.4 Å². The minimum absolute atomic E-state index is 0.0252. The van der Waals surface area contributed by atoms with Crippen LogP contribution in [0.3, 0.4) is 0 Å². The van der Waals surface area contributed by atoms with Crippen molar-refractivity contribution in [3.05, 3.63) is 27.8 Å². The number of amides is 1. The summed E-state index contributed by atoms with van der Waals surface area (Å²) in [6, 6.07) is 0. The van der Waals surface area contributed by atoms with E-state index in [1.807, 2.05) is 12.3 Å². The first kappa shape index (κ1) is 15.1. The van der Waals surface area contributed by atoms with Gasteiger partial charge in [-0.2, -0.15) is 4.98 Å². The minimum Gasteiger partial charge on any atom is -0.378 e. The summed E-state index contributed by atoms with van der Waals surface area (Å²) in [7, 11) is 1.65. The standard InChI is InChI=1S/C14H18N4O3S/c1-14(3-4-15-11(19)6-14)13-17-10(18-21-13)5-9-8-22-12(16-9)7-20-2/h8H,3-7H2,1-2H3,(H,15,19)/t14-/m0/s1. The molecule has 7 nitrogen and oxygen atoms in total. The van der Waals surface area contributed by atoms with Gasteiger partial charge in [0.25, 0.3) is 0 Å². The van der Waals surface area contributed by atoms with Crippen LogP contribution in [0, 0.1) is 0 Å². The summed E-state index contributed by atoms with van der Waals surface area (Å²) in [6.07, 6.45) is 1.70. The van der Waals surface area contributed by atoms with Crippen molar-refractivity contribution in [1.82, 2.24) is 20.4 Å². The van der Waals surface area contributed by atoms with Gasteiger partial charge in [-0.15, -0.1) is 11.3 Å². The molecule has 1 fully saturated rings. The van der Waals surface area contributed by atoms with Crippen LogP contribution in [0.25, 0.3) is 0 Å². The summed E-state index contributed by atoms with van der Waals surface area (Å²) in [6.45, 7) is 3.14. The van der Waals surface area contributed by atoms with Gasteiger partial charge in [0.15, 0.2) is 5.82 Å². The molecule has 1 saturated heterocycles. The fraction of sp³-hybridized carbons (Fsp3) is 0.571. The third-order valence-electron chi connectivity index (χ3n) is 3.74. The van der Waals surface area contributed by atoms with Crippen LogP contribution in [0.1, 0.15) is 42.2 Å². The monoisotopic (exact) mass is 322 g/mol. The topological polar surface area (TPSA) is 90.1 Å². The molecule has 2 aromatic heterocycles. The van der Waals surface area contributed by atoms with Crippen LogP contribution in [0.5, 0.6) is 0 Å². The molecule has 3 heterocycles. The van der Waals surface area contributed by atoms with Crippen LogP contribution in [0.15, 0.2) is 9.90 Å². The number of methoxy groups -OCH3 is 1. The lowest BCUT2D eigenvalue weighted by Crippen LogP contribution is -2.41. The van der Waals surface area contributed by atoms with Crippen LogP contribution < -0.4 is 5.32 Å². The van der Waals surface area contributed by atoms with Crippen molar-refractivity contribution < 1.29 is 14.1 Å². The molecule has 1 amide bonds. The van der Waals surface area contributed by atoms with Gasteiger partial charge in [0.1, 0.15) is 5.01 Å². The zero-order valence-corrected chi connectivity index (χ0v) is 13.4. The van der Waals surface area contributed by atoms with Crippen LogP contribution in [0.2, 0.25) is 0 Å². The predicted octanol–water partition coefficient (Wildman–Crippen LogP) is 1.43. The highest BCUT2D eigenvalue weighted by atomic mass is 32.1. The number of thiazole rings is 1. The number of rotatable bonds is 5. The van der Waals surface area contributed by atoms with Gasteiger partial charge >= 0.3 is 0 Å². The molecule has 0 bridgehead atoms. The van der Waals surface area contributed by atoms with E-state index in [-0.39, 0.29) is 11.3 Å². The Morgan fingerprint density at radius 1 is 1.50 bits per heavy atom. The van der Waals surface area contributed by atoms with Crippen LogP contribution in [-0.4, -0.2) is 34.7 Å². The number of aromatic nitrogens is 3. The summed E-state index contributed by atoms with van der Waals surface area (Å²) in [4.78, 5) is 20.5. The Morgan fingerprint density at radius 2 is 2.36 bits per heavy atom. The number of piperidine rings is 1. The Labute approximate surface area is 132 Å². The first-order valence-electron chi connectivity index (χ1n) is 7.11. The fourth-order valence-corrected chi connectivity index (χ4v) is 3.28. The molecule has 1 atom stereocenters. The van der Waals surface area contributed by atoms with Crippen molar-refractivity contribution in [2.45, 2.75) is 38.2 Å². The van der Waals surface area contributed by atoms with Gasteiger partial charge in [-0.05, 0) is 6.42 Å². The lowest BCUT2D eigenvalue weighted by Gasteiger charge is -2.29. The average molecular weight is 322 g/mol. The third kappa shape index (κ3) is 3.17. The molecule has 0 radical (unpaired) electrons. The number of hydrogen-bond donors (Lipinski definition) is 1. The second kappa shape index (κ2) is 6.13. The van der Waals surface area contributed by atoms with Gasteiger partial charge in [-0.1, -0.05) is 12.1 Å². The van der Waals surface area contributed by atoms with E-state index in [1.165, 1.54) is 0 Å². The average Bonchev–Trinajstić information content (AvgIpc) is 3.10. The number of nitrogens with one attached hydrogen (secondary N) is 1. The summed E-state index contributed by atoms with van der Waals surface area (Å²) in [5.41, 5.74) is 0.521. The zero-order valence-electron chi connectivity index (χ0n) is 12.6. The molecule has 1 N–H and O–H groups in total. The third-order valence-corrected chi connectivity index (χ3v) is 4.61. The molecule has 0 saturated carbocycles. The zero-order chi connectivity index (χ0) is 15.6. The van der Waals surface area contributed by atoms with Crippen molar-refractivity contribution in [3.8, 4) is 0 Å². The second-order valence-electron chi connectivity index (χ2n) is 5.70. The van der Waals surface area contributed by atoms with Gasteiger partial charge in [0.2, 0.25) is 11.8 Å². The fourth-order valence-electron chi connectivity index (χ4n) is 2.52. The highest BCUT2D eigenvalue weighted by molar-refractivity contribution is 7.09. The first-order chi connectivity index (χ1) is 10.6. The molecule has 8 heteroatoms. The van der Waals surface area contributed by atoms with Crippen molar-refractivity contribution in [2.24, 2.45) is 0 Å². The van der Waals surface area contributed by atoms with E-state index in [9.17, 15) is 4.79 Å². The molecule has 0 aliphatic carbocycles. The molecule has 1 aliphatic rings. The smallest absolute Gasteiger partial charge is 0.233 e. The van der Waals surface area contributed by atoms with E-state index in [0.717, 1.165) is 17.1 Å². The van der Waals surface area contributed by atoms with Crippen molar-refractivity contribution in [1.29, 1.82) is 0 Å². The number of ether oxygens (including phenoxy) is 1. The predicted molar refractivity (Wildman–Crippen MR) is 79.5 cm³/mol. The van der Waals surface area contributed by atoms with Gasteiger partial charge in [0, 0.05) is 25.5 Å². The van der Waals surface area contributed by atoms with Gasteiger partial charge in [0.05, 0.1) is 24.1 Å². The van der Waals surface area contributed by atoms with Crippen LogP contribution in [0.4, 0.5) is 0 Å². The highest BCUT2D eigenvalue weighted by Gasteiger charge is 2.38. The number of carbonyl (C=O) groups is 1. The van der Waals surface area contributed by atoms with E-state index >= 15 is 0 Å². The minimum atomic E-state index is -0.378. The molecule has 2 aromatic rings. The maximum atomic E-state index is 11.6. The summed E-state index contributed by atoms with van der Waals surface area (Å²) in [5, 5.41) is 9.75. The summed E-state index contributed by atoms with van der Waals surface area (Å²) < 4.78 is 10.5. The Morgan fingerprint density at radius 3 is 3.14 bits per heavy atom. The number of nitrogens with zero attached hydrogens (tertiary/aromatic N) is 3. The maximum Gasteiger partial charge on any atom is 0.233 e. The van der Waals surface area contributed by atoms with Crippen molar-refractivity contribution in [3.63, 3.8) is 0 Å². The SMILES string of the molecule is COCc1nc(Cc2noc([C@@]3(C)CCNC(=O)C3)n2)cs1. The highest BCUT2D eigenvalue weighted by Crippen LogP contribution is 2.32. The summed E-state index contributed by atoms with van der Waals surface area (Å²) in [5.74, 6) is 1.15. The van der Waals surface area contributed by atoms with E-state index in [0.29, 0.717) is 37.7 Å². The normalized spacial score (nSPS) is 21.8. The molecule has 3 rings (SSSR count). The van der Waals surface area contributed by atoms with E-state index in [1.54, 1.807) is 18.4 Å². The number of carbonyl (C=O) groups excluding carboxylic acids is 1. The van der Waals surface area contributed by atoms with Crippen LogP contribution >= 0.6 is 11.3 Å². The molecule has 22 heavy (non-hydrogen) atoms. The van der Waals surface area contributed by atoms with Gasteiger partial charge < -0.3 is 14.6 Å². The molecule has 118 valence electrons. The molecule has 0 spiro atoms. The number of hydrogen-bond acceptors (Lipinski definition) is 7. The van der Waals surface area contributed by atoms with Crippen LogP contribution in [-0.2, 0) is 28.0 Å². The van der Waals surface area contributed by atoms with Crippen molar-refractivity contribution in [2.75, 3.05) is 13.7 Å². The lowest BCUT2D eigenvalue weighted by atomic mass is 9.80. The Hall–Kier alpha value is -1.80. The molecular weight excluding hydrogens is 304 g/mol. The van der Waals surface area contributed by atoms with E-state index < -0.39 is 0 Å². The van der Waals surface area contributed by atoms with Gasteiger partial charge in [-0.3, -0.25) is 4.79 Å². The quantitative estimate of drug-likeness (QED) is 0.895. The van der Waals surface area contributed by atoms with E-state index in [4.69, 9.17) is 9.26 Å². The largest absolute Gasteiger partial charge is 0.378 e. The van der Waals surface area contributed by atoms with Crippen molar-refractivity contribution >= 4 is 17.2 Å². The Kier molecular flexibility index (Phi) is 4.21. The van der Waals surface area contributed by atoms with Gasteiger partial charge in [-0.25, -0.2) is 4.98 Å². The maximum absolute atomic E-state index is 11.6. The lowest BCUT2D eigenvalue weighted by molar-refractivity contribution is -0.124. The molecule has 1 aliphatic heterocycles. The molecule has 0 aromatic carbocycles.